The number of aliphatic hydroxyl groups is 1. The molecule has 0 radical (unpaired) electrons. The van der Waals surface area contributed by atoms with Gasteiger partial charge >= 0.3 is 0 Å². The monoisotopic (exact) mass is 360 g/mol. The second-order valence-corrected chi connectivity index (χ2v) is 11.4. The lowest BCUT2D eigenvalue weighted by Gasteiger charge is -2.61. The van der Waals surface area contributed by atoms with Gasteiger partial charge in [0.1, 0.15) is 0 Å². The fraction of sp³-hybridized carbons (Fsp3) is 1.00. The van der Waals surface area contributed by atoms with Crippen LogP contribution in [0.2, 0.25) is 0 Å². The van der Waals surface area contributed by atoms with E-state index in [2.05, 4.69) is 27.7 Å². The summed E-state index contributed by atoms with van der Waals surface area (Å²) in [5.74, 6) is 5.67. The van der Waals surface area contributed by atoms with Gasteiger partial charge < -0.3 is 5.11 Å². The minimum absolute atomic E-state index is 0.00578. The van der Waals surface area contributed by atoms with Crippen LogP contribution in [0.25, 0.3) is 0 Å². The van der Waals surface area contributed by atoms with Crippen LogP contribution in [-0.4, -0.2) is 11.2 Å². The van der Waals surface area contributed by atoms with Crippen LogP contribution in [0, 0.1) is 46.3 Å². The molecule has 0 aromatic carbocycles. The maximum absolute atomic E-state index is 10.2. The summed E-state index contributed by atoms with van der Waals surface area (Å²) < 4.78 is 0. The van der Waals surface area contributed by atoms with E-state index in [1.165, 1.54) is 64.2 Å². The first-order valence-electron chi connectivity index (χ1n) is 12.1. The zero-order valence-corrected chi connectivity index (χ0v) is 18.0. The normalized spacial score (nSPS) is 52.0. The molecule has 9 atom stereocenters. The molecule has 4 aliphatic rings. The summed E-state index contributed by atoms with van der Waals surface area (Å²) in [6, 6.07) is 0. The van der Waals surface area contributed by atoms with Crippen molar-refractivity contribution in [3.63, 3.8) is 0 Å². The van der Waals surface area contributed by atoms with E-state index < -0.39 is 0 Å². The van der Waals surface area contributed by atoms with E-state index >= 15 is 0 Å². The third kappa shape index (κ3) is 2.90. The van der Waals surface area contributed by atoms with E-state index in [1.807, 2.05) is 0 Å². The molecule has 0 amide bonds. The Balaban J connectivity index is 1.52. The fourth-order valence-electron chi connectivity index (χ4n) is 8.94. The average Bonchev–Trinajstić information content (AvgIpc) is 2.97. The van der Waals surface area contributed by atoms with Gasteiger partial charge in [0, 0.05) is 0 Å². The molecule has 4 saturated carbocycles. The molecule has 0 spiro atoms. The number of unbranched alkanes of at least 4 members (excludes halogenated alkanes) is 1. The third-order valence-corrected chi connectivity index (χ3v) is 10.4. The highest BCUT2D eigenvalue weighted by molar-refractivity contribution is 5.09. The second kappa shape index (κ2) is 7.09. The third-order valence-electron chi connectivity index (χ3n) is 10.4. The molecule has 0 aromatic heterocycles. The Morgan fingerprint density at radius 1 is 0.923 bits per heavy atom. The number of hydrogen-bond acceptors (Lipinski definition) is 1. The number of hydrogen-bond donors (Lipinski definition) is 1. The van der Waals surface area contributed by atoms with Gasteiger partial charge in [-0.05, 0) is 104 Å². The van der Waals surface area contributed by atoms with Crippen molar-refractivity contribution < 1.29 is 5.11 Å². The van der Waals surface area contributed by atoms with Gasteiger partial charge in [-0.1, -0.05) is 47.0 Å². The highest BCUT2D eigenvalue weighted by Crippen LogP contribution is 2.68. The molecular formula is C25H44O. The van der Waals surface area contributed by atoms with Crippen LogP contribution >= 0.6 is 0 Å². The van der Waals surface area contributed by atoms with E-state index in [0.717, 1.165) is 48.3 Å². The Hall–Kier alpha value is -0.0400. The van der Waals surface area contributed by atoms with E-state index in [9.17, 15) is 5.11 Å². The molecule has 0 heterocycles. The van der Waals surface area contributed by atoms with Gasteiger partial charge in [-0.15, -0.1) is 0 Å². The zero-order valence-electron chi connectivity index (χ0n) is 18.0. The van der Waals surface area contributed by atoms with Crippen molar-refractivity contribution in [3.05, 3.63) is 0 Å². The Morgan fingerprint density at radius 2 is 1.65 bits per heavy atom. The summed E-state index contributed by atoms with van der Waals surface area (Å²) in [6.45, 7) is 10.2. The summed E-state index contributed by atoms with van der Waals surface area (Å²) >= 11 is 0. The van der Waals surface area contributed by atoms with Crippen LogP contribution in [0.1, 0.15) is 105 Å². The summed E-state index contributed by atoms with van der Waals surface area (Å²) in [5.41, 5.74) is 1.17. The van der Waals surface area contributed by atoms with E-state index in [4.69, 9.17) is 0 Å². The predicted molar refractivity (Wildman–Crippen MR) is 110 cm³/mol. The van der Waals surface area contributed by atoms with Crippen LogP contribution in [-0.2, 0) is 0 Å². The second-order valence-electron chi connectivity index (χ2n) is 11.4. The van der Waals surface area contributed by atoms with Crippen LogP contribution in [0.3, 0.4) is 0 Å². The molecule has 0 aromatic rings. The minimum atomic E-state index is -0.00578. The van der Waals surface area contributed by atoms with Gasteiger partial charge in [0.05, 0.1) is 6.10 Å². The van der Waals surface area contributed by atoms with Crippen molar-refractivity contribution in [1.82, 2.24) is 0 Å². The summed E-state index contributed by atoms with van der Waals surface area (Å²) in [4.78, 5) is 0. The SMILES string of the molecule is CCCC[C@@H](C)[C@H]1CC[C@H]2[C@@H]3CC[C@@H]4C[C@H](O)CC[C@]4(C)[C@H]3CC[C@]12C. The van der Waals surface area contributed by atoms with Crippen molar-refractivity contribution in [3.8, 4) is 0 Å². The van der Waals surface area contributed by atoms with Crippen LogP contribution < -0.4 is 0 Å². The molecule has 0 unspecified atom stereocenters. The number of aliphatic hydroxyl groups excluding tert-OH is 1. The first-order valence-corrected chi connectivity index (χ1v) is 12.1. The van der Waals surface area contributed by atoms with Crippen LogP contribution in [0.15, 0.2) is 0 Å². The van der Waals surface area contributed by atoms with Crippen molar-refractivity contribution in [2.75, 3.05) is 0 Å². The average molecular weight is 361 g/mol. The predicted octanol–water partition coefficient (Wildman–Crippen LogP) is 6.83. The first-order chi connectivity index (χ1) is 12.4. The number of rotatable bonds is 4. The van der Waals surface area contributed by atoms with Crippen molar-refractivity contribution in [2.24, 2.45) is 46.3 Å². The van der Waals surface area contributed by atoms with E-state index in [0.29, 0.717) is 10.8 Å². The van der Waals surface area contributed by atoms with Gasteiger partial charge in [-0.25, -0.2) is 0 Å². The molecule has 150 valence electrons. The maximum Gasteiger partial charge on any atom is 0.0543 e. The van der Waals surface area contributed by atoms with Crippen LogP contribution in [0.4, 0.5) is 0 Å². The first kappa shape index (κ1) is 19.3. The molecule has 1 N–H and O–H groups in total. The topological polar surface area (TPSA) is 20.2 Å². The Kier molecular flexibility index (Phi) is 5.26. The molecule has 4 aliphatic carbocycles. The summed E-state index contributed by atoms with van der Waals surface area (Å²) in [5, 5.41) is 10.2. The lowest BCUT2D eigenvalue weighted by molar-refractivity contribution is -0.129. The fourth-order valence-corrected chi connectivity index (χ4v) is 8.94. The number of fused-ring (bicyclic) bond motifs is 5. The lowest BCUT2D eigenvalue weighted by Crippen LogP contribution is -2.54. The van der Waals surface area contributed by atoms with Crippen molar-refractivity contribution in [1.29, 1.82) is 0 Å². The Labute approximate surface area is 162 Å². The van der Waals surface area contributed by atoms with E-state index in [-0.39, 0.29) is 6.10 Å². The van der Waals surface area contributed by atoms with Gasteiger partial charge in [-0.2, -0.15) is 0 Å². The smallest absolute Gasteiger partial charge is 0.0543 e. The molecule has 1 heteroatoms. The molecule has 0 aliphatic heterocycles. The molecule has 1 nitrogen and oxygen atoms in total. The molecule has 0 bridgehead atoms. The van der Waals surface area contributed by atoms with Gasteiger partial charge in [0.2, 0.25) is 0 Å². The standard InChI is InChI=1S/C25H44O/c1-5-6-7-17(2)21-10-11-22-20-9-8-18-16-19(26)12-14-24(18,3)23(20)13-15-25(21,22)4/h17-23,26H,5-16H2,1-4H3/t17-,18-,19-,20+,21-,22+,23+,24+,25-/m1/s1. The Bertz CT molecular complexity index is 500. The van der Waals surface area contributed by atoms with Gasteiger partial charge in [0.15, 0.2) is 0 Å². The minimum Gasteiger partial charge on any atom is -0.393 e. The zero-order chi connectivity index (χ0) is 18.5. The molecule has 0 saturated heterocycles. The highest BCUT2D eigenvalue weighted by atomic mass is 16.3. The quantitative estimate of drug-likeness (QED) is 0.582. The largest absolute Gasteiger partial charge is 0.393 e. The van der Waals surface area contributed by atoms with Gasteiger partial charge in [0.25, 0.3) is 0 Å². The highest BCUT2D eigenvalue weighted by Gasteiger charge is 2.60. The molecule has 4 rings (SSSR count). The van der Waals surface area contributed by atoms with Crippen molar-refractivity contribution >= 4 is 0 Å². The molecular weight excluding hydrogens is 316 g/mol. The summed E-state index contributed by atoms with van der Waals surface area (Å²) in [6.07, 6.45) is 16.5. The van der Waals surface area contributed by atoms with Crippen molar-refractivity contribution in [2.45, 2.75) is 111 Å². The lowest BCUT2D eigenvalue weighted by atomic mass is 9.44. The molecule has 26 heavy (non-hydrogen) atoms. The Morgan fingerprint density at radius 3 is 2.42 bits per heavy atom. The van der Waals surface area contributed by atoms with Crippen LogP contribution in [0.5, 0.6) is 0 Å². The molecule has 4 fully saturated rings. The van der Waals surface area contributed by atoms with Gasteiger partial charge in [-0.3, -0.25) is 0 Å². The maximum atomic E-state index is 10.2. The van der Waals surface area contributed by atoms with E-state index in [1.54, 1.807) is 0 Å². The summed E-state index contributed by atoms with van der Waals surface area (Å²) in [7, 11) is 0.